The Bertz CT molecular complexity index is 1130. The Morgan fingerprint density at radius 1 is 1.13 bits per heavy atom. The number of hydrogen-bond acceptors (Lipinski definition) is 6. The normalized spacial score (nSPS) is 14.3. The van der Waals surface area contributed by atoms with Crippen LogP contribution in [0.25, 0.3) is 10.9 Å². The van der Waals surface area contributed by atoms with E-state index in [1.807, 2.05) is 32.4 Å². The van der Waals surface area contributed by atoms with E-state index in [9.17, 15) is 9.59 Å². The number of carbonyl (C=O) groups is 1. The lowest BCUT2D eigenvalue weighted by Gasteiger charge is -2.35. The summed E-state index contributed by atoms with van der Waals surface area (Å²) in [6, 6.07) is 10.9. The summed E-state index contributed by atoms with van der Waals surface area (Å²) in [5, 5.41) is 0.714. The third-order valence-corrected chi connectivity index (χ3v) is 5.48. The highest BCUT2D eigenvalue weighted by atomic mass is 16.5. The van der Waals surface area contributed by atoms with Gasteiger partial charge in [-0.05, 0) is 37.9 Å². The first-order valence-electron chi connectivity index (χ1n) is 10.3. The number of rotatable bonds is 5. The Kier molecular flexibility index (Phi) is 5.90. The number of hydrogen-bond donors (Lipinski definition) is 1. The van der Waals surface area contributed by atoms with Crippen LogP contribution in [-0.2, 0) is 6.54 Å². The van der Waals surface area contributed by atoms with Crippen LogP contribution < -0.4 is 15.2 Å². The van der Waals surface area contributed by atoms with Crippen molar-refractivity contribution >= 4 is 22.6 Å². The van der Waals surface area contributed by atoms with Crippen molar-refractivity contribution in [3.63, 3.8) is 0 Å². The first-order chi connectivity index (χ1) is 14.9. The van der Waals surface area contributed by atoms with Gasteiger partial charge in [-0.2, -0.15) is 0 Å². The number of anilines is 1. The van der Waals surface area contributed by atoms with Gasteiger partial charge in [0.05, 0.1) is 18.2 Å². The van der Waals surface area contributed by atoms with E-state index in [1.165, 1.54) is 11.6 Å². The number of nitrogens with zero attached hydrogens (tertiary/aromatic N) is 4. The average molecular weight is 422 g/mol. The topological polar surface area (TPSA) is 81.8 Å². The minimum atomic E-state index is -0.301. The van der Waals surface area contributed by atoms with E-state index in [1.54, 1.807) is 24.1 Å². The number of aromatic nitrogens is 2. The third-order valence-electron chi connectivity index (χ3n) is 5.48. The molecule has 1 N–H and O–H groups in total. The third kappa shape index (κ3) is 4.54. The number of aromatic amines is 1. The predicted molar refractivity (Wildman–Crippen MR) is 121 cm³/mol. The van der Waals surface area contributed by atoms with E-state index in [2.05, 4.69) is 25.8 Å². The van der Waals surface area contributed by atoms with Crippen molar-refractivity contribution < 1.29 is 9.53 Å². The van der Waals surface area contributed by atoms with Gasteiger partial charge >= 0.3 is 0 Å². The van der Waals surface area contributed by atoms with Gasteiger partial charge in [0.25, 0.3) is 5.91 Å². The van der Waals surface area contributed by atoms with Crippen molar-refractivity contribution in [2.75, 3.05) is 52.3 Å². The highest BCUT2D eigenvalue weighted by Gasteiger charge is 2.24. The number of benzene rings is 1. The smallest absolute Gasteiger partial charge is 0.254 e. The monoisotopic (exact) mass is 421 g/mol. The van der Waals surface area contributed by atoms with Gasteiger partial charge in [0.15, 0.2) is 0 Å². The van der Waals surface area contributed by atoms with Crippen molar-refractivity contribution in [3.05, 3.63) is 64.1 Å². The lowest BCUT2D eigenvalue weighted by atomic mass is 10.1. The number of ether oxygens (including phenoxy) is 1. The van der Waals surface area contributed by atoms with E-state index in [0.29, 0.717) is 48.4 Å². The summed E-state index contributed by atoms with van der Waals surface area (Å²) in [6.07, 6.45) is 1.91. The molecule has 0 bridgehead atoms. The molecule has 0 aliphatic carbocycles. The molecule has 3 heterocycles. The van der Waals surface area contributed by atoms with Crippen LogP contribution in [0.4, 0.5) is 5.82 Å². The summed E-state index contributed by atoms with van der Waals surface area (Å²) in [4.78, 5) is 38.8. The Morgan fingerprint density at radius 3 is 2.55 bits per heavy atom. The molecule has 4 rings (SSSR count). The van der Waals surface area contributed by atoms with E-state index in [-0.39, 0.29) is 11.5 Å². The number of H-pyrrole nitrogens is 1. The van der Waals surface area contributed by atoms with Crippen LogP contribution in [-0.4, -0.2) is 73.1 Å². The van der Waals surface area contributed by atoms with Gasteiger partial charge in [-0.1, -0.05) is 6.07 Å². The molecule has 3 aromatic rings. The summed E-state index contributed by atoms with van der Waals surface area (Å²) in [5.41, 5.74) is 1.88. The summed E-state index contributed by atoms with van der Waals surface area (Å²) in [5.74, 6) is 1.42. The van der Waals surface area contributed by atoms with E-state index >= 15 is 0 Å². The standard InChI is InChI=1S/C23H27N5O3/c1-26(2)15-16-4-7-21(24-14-16)27-8-10-28(11-9-27)23(30)19-13-22(29)25-20-12-17(31-3)5-6-18(19)20/h4-7,12-14H,8-11,15H2,1-3H3,(H,25,29). The van der Waals surface area contributed by atoms with E-state index in [4.69, 9.17) is 4.74 Å². The molecule has 162 valence electrons. The second kappa shape index (κ2) is 8.77. The second-order valence-corrected chi connectivity index (χ2v) is 8.00. The van der Waals surface area contributed by atoms with Gasteiger partial charge in [-0.3, -0.25) is 9.59 Å². The maximum Gasteiger partial charge on any atom is 0.254 e. The number of methoxy groups -OCH3 is 1. The van der Waals surface area contributed by atoms with Crippen molar-refractivity contribution in [1.29, 1.82) is 0 Å². The van der Waals surface area contributed by atoms with Gasteiger partial charge in [-0.25, -0.2) is 4.98 Å². The summed E-state index contributed by atoms with van der Waals surface area (Å²) >= 11 is 0. The van der Waals surface area contributed by atoms with Crippen molar-refractivity contribution in [2.45, 2.75) is 6.54 Å². The summed E-state index contributed by atoms with van der Waals surface area (Å²) in [7, 11) is 5.63. The minimum absolute atomic E-state index is 0.129. The molecule has 1 amide bonds. The SMILES string of the molecule is COc1ccc2c(C(=O)N3CCN(c4ccc(CN(C)C)cn4)CC3)cc(=O)[nH]c2c1. The van der Waals surface area contributed by atoms with Crippen LogP contribution in [0.2, 0.25) is 0 Å². The Hall–Kier alpha value is -3.39. The molecule has 8 heteroatoms. The molecule has 1 aromatic carbocycles. The maximum absolute atomic E-state index is 13.2. The van der Waals surface area contributed by atoms with Crippen LogP contribution in [0.1, 0.15) is 15.9 Å². The number of carbonyl (C=O) groups excluding carboxylic acids is 1. The molecule has 0 spiro atoms. The van der Waals surface area contributed by atoms with Crippen molar-refractivity contribution in [1.82, 2.24) is 19.8 Å². The fraction of sp³-hybridized carbons (Fsp3) is 0.348. The van der Waals surface area contributed by atoms with Gasteiger partial charge in [0, 0.05) is 56.4 Å². The first-order valence-corrected chi connectivity index (χ1v) is 10.3. The van der Waals surface area contributed by atoms with Crippen molar-refractivity contribution in [2.24, 2.45) is 0 Å². The number of pyridine rings is 2. The number of fused-ring (bicyclic) bond motifs is 1. The molecule has 0 atom stereocenters. The highest BCUT2D eigenvalue weighted by Crippen LogP contribution is 2.23. The van der Waals surface area contributed by atoms with Crippen molar-refractivity contribution in [3.8, 4) is 5.75 Å². The zero-order valence-corrected chi connectivity index (χ0v) is 18.1. The van der Waals surface area contributed by atoms with E-state index in [0.717, 1.165) is 12.4 Å². The maximum atomic E-state index is 13.2. The van der Waals surface area contributed by atoms with Crippen LogP contribution in [0.15, 0.2) is 47.4 Å². The molecule has 0 saturated carbocycles. The fourth-order valence-corrected chi connectivity index (χ4v) is 3.91. The lowest BCUT2D eigenvalue weighted by molar-refractivity contribution is 0.0748. The molecule has 1 fully saturated rings. The Balaban J connectivity index is 1.48. The number of piperazine rings is 1. The number of nitrogens with one attached hydrogen (secondary N) is 1. The van der Waals surface area contributed by atoms with Gasteiger partial charge in [0.2, 0.25) is 5.56 Å². The van der Waals surface area contributed by atoms with Crippen LogP contribution in [0.3, 0.4) is 0 Å². The molecule has 1 aliphatic heterocycles. The molecular formula is C23H27N5O3. The Morgan fingerprint density at radius 2 is 1.90 bits per heavy atom. The molecule has 1 saturated heterocycles. The average Bonchev–Trinajstić information content (AvgIpc) is 2.78. The zero-order chi connectivity index (χ0) is 22.0. The van der Waals surface area contributed by atoms with Gasteiger partial charge in [0.1, 0.15) is 11.6 Å². The van der Waals surface area contributed by atoms with E-state index < -0.39 is 0 Å². The number of amides is 1. The summed E-state index contributed by atoms with van der Waals surface area (Å²) < 4.78 is 5.23. The van der Waals surface area contributed by atoms with Crippen LogP contribution in [0, 0.1) is 0 Å². The quantitative estimate of drug-likeness (QED) is 0.678. The second-order valence-electron chi connectivity index (χ2n) is 8.00. The van der Waals surface area contributed by atoms with Crippen LogP contribution in [0.5, 0.6) is 5.75 Å². The largest absolute Gasteiger partial charge is 0.497 e. The van der Waals surface area contributed by atoms with Crippen LogP contribution >= 0.6 is 0 Å². The van der Waals surface area contributed by atoms with Gasteiger partial charge in [-0.15, -0.1) is 0 Å². The lowest BCUT2D eigenvalue weighted by Crippen LogP contribution is -2.49. The molecule has 0 radical (unpaired) electrons. The molecule has 0 unspecified atom stereocenters. The Labute approximate surface area is 181 Å². The van der Waals surface area contributed by atoms with Gasteiger partial charge < -0.3 is 24.4 Å². The molecule has 1 aliphatic rings. The fourth-order valence-electron chi connectivity index (χ4n) is 3.91. The predicted octanol–water partition coefficient (Wildman–Crippen LogP) is 1.96. The molecule has 2 aromatic heterocycles. The highest BCUT2D eigenvalue weighted by molar-refractivity contribution is 6.06. The zero-order valence-electron chi connectivity index (χ0n) is 18.1. The molecular weight excluding hydrogens is 394 g/mol. The molecule has 31 heavy (non-hydrogen) atoms. The first kappa shape index (κ1) is 20.9. The minimum Gasteiger partial charge on any atom is -0.497 e. The summed E-state index contributed by atoms with van der Waals surface area (Å²) in [6.45, 7) is 3.39. The molecule has 8 nitrogen and oxygen atoms in total.